The summed E-state index contributed by atoms with van der Waals surface area (Å²) in [4.78, 5) is 32.4. The number of alkyl halides is 3. The third-order valence-electron chi connectivity index (χ3n) is 5.96. The lowest BCUT2D eigenvalue weighted by atomic mass is 10.1. The maximum atomic E-state index is 12.6. The number of amides is 1. The van der Waals surface area contributed by atoms with E-state index >= 15 is 0 Å². The van der Waals surface area contributed by atoms with Crippen molar-refractivity contribution in [3.8, 4) is 11.1 Å². The van der Waals surface area contributed by atoms with E-state index in [1.54, 1.807) is 6.20 Å². The van der Waals surface area contributed by atoms with Crippen molar-refractivity contribution in [3.63, 3.8) is 0 Å². The summed E-state index contributed by atoms with van der Waals surface area (Å²) in [5.41, 5.74) is 4.13. The zero-order chi connectivity index (χ0) is 26.4. The molecule has 0 saturated carbocycles. The lowest BCUT2D eigenvalue weighted by molar-refractivity contribution is -0.192. The largest absolute Gasteiger partial charge is 0.490 e. The maximum absolute atomic E-state index is 12.6. The highest BCUT2D eigenvalue weighted by Crippen LogP contribution is 2.27. The first kappa shape index (κ1) is 25.8. The van der Waals surface area contributed by atoms with Crippen molar-refractivity contribution < 1.29 is 27.9 Å². The van der Waals surface area contributed by atoms with E-state index in [4.69, 9.17) is 20.0 Å². The molecule has 1 saturated heterocycles. The van der Waals surface area contributed by atoms with E-state index in [1.165, 1.54) is 5.56 Å². The molecule has 1 aliphatic rings. The van der Waals surface area contributed by atoms with Gasteiger partial charge in [0.15, 0.2) is 11.5 Å². The van der Waals surface area contributed by atoms with Gasteiger partial charge < -0.3 is 10.0 Å². The minimum absolute atomic E-state index is 0.187. The molecule has 4 aromatic rings. The molecule has 1 aromatic carbocycles. The Morgan fingerprint density at radius 3 is 2.46 bits per heavy atom. The van der Waals surface area contributed by atoms with Gasteiger partial charge in [-0.25, -0.2) is 14.3 Å². The first-order valence-electron chi connectivity index (χ1n) is 11.6. The molecule has 3 aromatic heterocycles. The van der Waals surface area contributed by atoms with Crippen LogP contribution in [-0.4, -0.2) is 60.7 Å². The molecule has 1 atom stereocenters. The molecule has 1 aliphatic heterocycles. The number of halogens is 3. The quantitative estimate of drug-likeness (QED) is 0.427. The second kappa shape index (κ2) is 11.2. The van der Waals surface area contributed by atoms with Gasteiger partial charge in [0, 0.05) is 55.1 Å². The molecule has 1 amide bonds. The highest BCUT2D eigenvalue weighted by molar-refractivity contribution is 5.77. The number of pyridine rings is 2. The lowest BCUT2D eigenvalue weighted by Gasteiger charge is -2.15. The fraction of sp³-hybridized carbons (Fsp3) is 0.269. The highest BCUT2D eigenvalue weighted by atomic mass is 19.4. The Hall–Kier alpha value is -4.28. The van der Waals surface area contributed by atoms with Gasteiger partial charge in [-0.15, -0.1) is 0 Å². The molecular formula is C26H24F3N5O3. The highest BCUT2D eigenvalue weighted by Gasteiger charge is 2.38. The summed E-state index contributed by atoms with van der Waals surface area (Å²) < 4.78 is 33.6. The van der Waals surface area contributed by atoms with Crippen molar-refractivity contribution in [1.82, 2.24) is 24.5 Å². The molecule has 11 heteroatoms. The minimum atomic E-state index is -5.08. The van der Waals surface area contributed by atoms with Crippen LogP contribution in [0, 0.1) is 0 Å². The van der Waals surface area contributed by atoms with Gasteiger partial charge in [-0.05, 0) is 36.6 Å². The van der Waals surface area contributed by atoms with Crippen molar-refractivity contribution >= 4 is 17.5 Å². The molecule has 192 valence electrons. The van der Waals surface area contributed by atoms with Gasteiger partial charge in [0.2, 0.25) is 5.91 Å². The van der Waals surface area contributed by atoms with Gasteiger partial charge in [0.05, 0.1) is 0 Å². The van der Waals surface area contributed by atoms with Crippen LogP contribution in [0.2, 0.25) is 0 Å². The Morgan fingerprint density at radius 1 is 1.03 bits per heavy atom. The molecule has 0 spiro atoms. The number of hydrogen-bond donors (Lipinski definition) is 1. The van der Waals surface area contributed by atoms with Gasteiger partial charge in [0.1, 0.15) is 0 Å². The van der Waals surface area contributed by atoms with Crippen LogP contribution in [0.15, 0.2) is 73.2 Å². The average molecular weight is 512 g/mol. The molecular weight excluding hydrogens is 487 g/mol. The third-order valence-corrected chi connectivity index (χ3v) is 5.96. The van der Waals surface area contributed by atoms with E-state index in [0.717, 1.165) is 42.0 Å². The summed E-state index contributed by atoms with van der Waals surface area (Å²) in [6.45, 7) is 1.47. The molecule has 0 bridgehead atoms. The predicted molar refractivity (Wildman–Crippen MR) is 129 cm³/mol. The summed E-state index contributed by atoms with van der Waals surface area (Å²) in [5, 5.41) is 11.8. The van der Waals surface area contributed by atoms with E-state index in [2.05, 4.69) is 17.1 Å². The van der Waals surface area contributed by atoms with E-state index in [0.29, 0.717) is 13.0 Å². The number of nitrogens with zero attached hydrogens (tertiary/aromatic N) is 5. The van der Waals surface area contributed by atoms with Crippen LogP contribution in [0.4, 0.5) is 13.2 Å². The fourth-order valence-electron chi connectivity index (χ4n) is 4.03. The van der Waals surface area contributed by atoms with Gasteiger partial charge in [-0.2, -0.15) is 18.3 Å². The second-order valence-corrected chi connectivity index (χ2v) is 8.55. The molecule has 1 unspecified atom stereocenters. The van der Waals surface area contributed by atoms with Gasteiger partial charge >= 0.3 is 12.1 Å². The van der Waals surface area contributed by atoms with Crippen LogP contribution >= 0.6 is 0 Å². The number of aliphatic carboxylic acids is 1. The SMILES string of the molecule is O=C(CCc1ccccc1)N1CCC(c2nc3ccc(-c4cccnc4)cn3n2)C1.O=C(O)C(F)(F)F. The van der Waals surface area contributed by atoms with Crippen molar-refractivity contribution in [2.75, 3.05) is 13.1 Å². The Labute approximate surface area is 210 Å². The Bertz CT molecular complexity index is 1360. The first-order valence-corrected chi connectivity index (χ1v) is 11.6. The summed E-state index contributed by atoms with van der Waals surface area (Å²) in [6, 6.07) is 18.1. The number of fused-ring (bicyclic) bond motifs is 1. The molecule has 8 nitrogen and oxygen atoms in total. The Kier molecular flexibility index (Phi) is 7.80. The number of rotatable bonds is 5. The van der Waals surface area contributed by atoms with Gasteiger partial charge in [-0.1, -0.05) is 36.4 Å². The molecule has 0 radical (unpaired) electrons. The van der Waals surface area contributed by atoms with Crippen LogP contribution in [0.3, 0.4) is 0 Å². The molecule has 1 fully saturated rings. The number of carbonyl (C=O) groups is 2. The van der Waals surface area contributed by atoms with Crippen LogP contribution < -0.4 is 0 Å². The number of carboxylic acid groups (broad SMARTS) is 1. The number of aryl methyl sites for hydroxylation is 1. The molecule has 5 rings (SSSR count). The minimum Gasteiger partial charge on any atom is -0.475 e. The van der Waals surface area contributed by atoms with Crippen molar-refractivity contribution in [2.45, 2.75) is 31.4 Å². The molecule has 0 aliphatic carbocycles. The third kappa shape index (κ3) is 6.69. The van der Waals surface area contributed by atoms with Crippen LogP contribution in [0.1, 0.15) is 30.1 Å². The fourth-order valence-corrected chi connectivity index (χ4v) is 4.03. The monoisotopic (exact) mass is 511 g/mol. The standard InChI is InChI=1S/C24H23N5O.C2HF3O2/c30-23(11-8-18-5-2-1-3-6-18)28-14-12-21(16-28)24-26-22-10-9-20(17-29(22)27-24)19-7-4-13-25-15-19;3-2(4,5)1(6)7/h1-7,9-10,13,15,17,21H,8,11-12,14,16H2;(H,6,7). The maximum Gasteiger partial charge on any atom is 0.490 e. The molecule has 4 heterocycles. The smallest absolute Gasteiger partial charge is 0.475 e. The van der Waals surface area contributed by atoms with Crippen LogP contribution in [0.5, 0.6) is 0 Å². The zero-order valence-corrected chi connectivity index (χ0v) is 19.7. The molecule has 37 heavy (non-hydrogen) atoms. The van der Waals surface area contributed by atoms with E-state index in [1.807, 2.05) is 64.3 Å². The summed E-state index contributed by atoms with van der Waals surface area (Å²) in [5.74, 6) is -1.54. The zero-order valence-electron chi connectivity index (χ0n) is 19.7. The summed E-state index contributed by atoms with van der Waals surface area (Å²) in [7, 11) is 0. The number of carboxylic acids is 1. The van der Waals surface area contributed by atoms with Crippen LogP contribution in [0.25, 0.3) is 16.8 Å². The topological polar surface area (TPSA) is 101 Å². The van der Waals surface area contributed by atoms with E-state index in [-0.39, 0.29) is 11.8 Å². The number of carbonyl (C=O) groups excluding carboxylic acids is 1. The number of aromatic nitrogens is 4. The van der Waals surface area contributed by atoms with E-state index in [9.17, 15) is 18.0 Å². The number of benzene rings is 1. The Morgan fingerprint density at radius 2 is 1.78 bits per heavy atom. The Balaban J connectivity index is 0.000000405. The second-order valence-electron chi connectivity index (χ2n) is 8.55. The van der Waals surface area contributed by atoms with E-state index < -0.39 is 12.1 Å². The number of hydrogen-bond acceptors (Lipinski definition) is 5. The summed E-state index contributed by atoms with van der Waals surface area (Å²) in [6.07, 6.45) is 2.75. The van der Waals surface area contributed by atoms with Gasteiger partial charge in [0.25, 0.3) is 0 Å². The normalized spacial score (nSPS) is 15.3. The van der Waals surface area contributed by atoms with Gasteiger partial charge in [-0.3, -0.25) is 9.78 Å². The predicted octanol–water partition coefficient (Wildman–Crippen LogP) is 4.37. The average Bonchev–Trinajstić information content (AvgIpc) is 3.55. The van der Waals surface area contributed by atoms with Crippen molar-refractivity contribution in [3.05, 3.63) is 84.6 Å². The lowest BCUT2D eigenvalue weighted by Crippen LogP contribution is -2.28. The van der Waals surface area contributed by atoms with Crippen molar-refractivity contribution in [2.24, 2.45) is 0 Å². The number of likely N-dealkylation sites (tertiary alicyclic amines) is 1. The van der Waals surface area contributed by atoms with Crippen molar-refractivity contribution in [1.29, 1.82) is 0 Å². The molecule has 1 N–H and O–H groups in total. The summed E-state index contributed by atoms with van der Waals surface area (Å²) >= 11 is 0. The first-order chi connectivity index (χ1) is 17.7. The van der Waals surface area contributed by atoms with Crippen LogP contribution in [-0.2, 0) is 16.0 Å².